The number of ether oxygens (including phenoxy) is 2. The highest BCUT2D eigenvalue weighted by molar-refractivity contribution is 5.90. The lowest BCUT2D eigenvalue weighted by Crippen LogP contribution is -2.44. The molecule has 1 amide bonds. The van der Waals surface area contributed by atoms with Gasteiger partial charge in [-0.15, -0.1) is 0 Å². The fourth-order valence-corrected chi connectivity index (χ4v) is 2.91. The molecule has 1 aliphatic rings. The summed E-state index contributed by atoms with van der Waals surface area (Å²) in [6, 6.07) is 9.95. The number of carbonyl (C=O) groups excluding carboxylic acids is 2. The average Bonchev–Trinajstić information content (AvgIpc) is 2.61. The van der Waals surface area contributed by atoms with E-state index in [1.165, 1.54) is 0 Å². The predicted octanol–water partition coefficient (Wildman–Crippen LogP) is 3.80. The Morgan fingerprint density at radius 2 is 1.89 bits per heavy atom. The van der Waals surface area contributed by atoms with Crippen LogP contribution in [0.15, 0.2) is 41.6 Å². The normalized spacial score (nSPS) is 16.0. The van der Waals surface area contributed by atoms with Gasteiger partial charge < -0.3 is 19.7 Å². The smallest absolute Gasteiger partial charge is 0.410 e. The van der Waals surface area contributed by atoms with Crippen LogP contribution < -0.4 is 5.32 Å². The summed E-state index contributed by atoms with van der Waals surface area (Å²) < 4.78 is 10.7. The van der Waals surface area contributed by atoms with E-state index < -0.39 is 5.60 Å². The van der Waals surface area contributed by atoms with Gasteiger partial charge in [-0.2, -0.15) is 0 Å². The predicted molar refractivity (Wildman–Crippen MR) is 104 cm³/mol. The zero-order valence-electron chi connectivity index (χ0n) is 16.9. The van der Waals surface area contributed by atoms with Crippen molar-refractivity contribution in [2.75, 3.05) is 19.7 Å². The molecule has 0 aromatic heterocycles. The number of hydrogen-bond donors (Lipinski definition) is 1. The van der Waals surface area contributed by atoms with Gasteiger partial charge in [0.25, 0.3) is 0 Å². The fraction of sp³-hybridized carbons (Fsp3) is 0.524. The van der Waals surface area contributed by atoms with Gasteiger partial charge in [-0.3, -0.25) is 0 Å². The molecule has 0 fully saturated rings. The number of benzene rings is 1. The molecule has 0 radical (unpaired) electrons. The second-order valence-corrected chi connectivity index (χ2v) is 7.61. The maximum absolute atomic E-state index is 12.5. The molecule has 1 aromatic carbocycles. The molecule has 0 saturated heterocycles. The standard InChI is InChI=1S/C21H30N2O4/c1-6-26-19(24)17-12-13-23(20(25)27-21(3,4)5)14-18(17)22-15(2)16-10-8-7-9-11-16/h7-11,15,22H,6,12-14H2,1-5H3. The third-order valence-corrected chi connectivity index (χ3v) is 4.21. The highest BCUT2D eigenvalue weighted by Crippen LogP contribution is 2.23. The molecule has 2 rings (SSSR count). The van der Waals surface area contributed by atoms with Crippen LogP contribution in [0.2, 0.25) is 0 Å². The first-order valence-electron chi connectivity index (χ1n) is 9.39. The third kappa shape index (κ3) is 6.01. The molecule has 0 saturated carbocycles. The summed E-state index contributed by atoms with van der Waals surface area (Å²) in [5, 5.41) is 3.40. The second-order valence-electron chi connectivity index (χ2n) is 7.61. The molecule has 6 nitrogen and oxygen atoms in total. The maximum atomic E-state index is 12.5. The first-order valence-corrected chi connectivity index (χ1v) is 9.39. The van der Waals surface area contributed by atoms with Gasteiger partial charge in [0.2, 0.25) is 0 Å². The molecule has 148 valence electrons. The van der Waals surface area contributed by atoms with E-state index >= 15 is 0 Å². The number of hydrogen-bond acceptors (Lipinski definition) is 5. The first kappa shape index (κ1) is 20.8. The highest BCUT2D eigenvalue weighted by Gasteiger charge is 2.30. The van der Waals surface area contributed by atoms with Crippen LogP contribution >= 0.6 is 0 Å². The Balaban J connectivity index is 2.21. The van der Waals surface area contributed by atoms with Gasteiger partial charge in [0.1, 0.15) is 5.60 Å². The summed E-state index contributed by atoms with van der Waals surface area (Å²) in [6.45, 7) is 10.4. The van der Waals surface area contributed by atoms with E-state index in [-0.39, 0.29) is 18.1 Å². The van der Waals surface area contributed by atoms with Crippen LogP contribution in [-0.2, 0) is 14.3 Å². The van der Waals surface area contributed by atoms with Crippen LogP contribution in [-0.4, -0.2) is 42.3 Å². The van der Waals surface area contributed by atoms with Crippen molar-refractivity contribution in [2.45, 2.75) is 52.7 Å². The largest absolute Gasteiger partial charge is 0.463 e. The Labute approximate surface area is 161 Å². The van der Waals surface area contributed by atoms with Gasteiger partial charge in [0.05, 0.1) is 18.7 Å². The Morgan fingerprint density at radius 3 is 2.48 bits per heavy atom. The highest BCUT2D eigenvalue weighted by atomic mass is 16.6. The molecule has 27 heavy (non-hydrogen) atoms. The summed E-state index contributed by atoms with van der Waals surface area (Å²) in [4.78, 5) is 26.5. The van der Waals surface area contributed by atoms with E-state index in [1.807, 2.05) is 58.0 Å². The molecule has 1 unspecified atom stereocenters. The zero-order valence-corrected chi connectivity index (χ0v) is 16.9. The van der Waals surface area contributed by atoms with Gasteiger partial charge >= 0.3 is 12.1 Å². The quantitative estimate of drug-likeness (QED) is 0.794. The van der Waals surface area contributed by atoms with Crippen molar-refractivity contribution in [1.29, 1.82) is 0 Å². The number of amides is 1. The number of esters is 1. The first-order chi connectivity index (χ1) is 12.7. The van der Waals surface area contributed by atoms with E-state index in [1.54, 1.807) is 11.8 Å². The number of rotatable bonds is 5. The Kier molecular flexibility index (Phi) is 6.88. The molecule has 6 heteroatoms. The minimum atomic E-state index is -0.562. The van der Waals surface area contributed by atoms with E-state index in [0.29, 0.717) is 37.4 Å². The lowest BCUT2D eigenvalue weighted by molar-refractivity contribution is -0.139. The third-order valence-electron chi connectivity index (χ3n) is 4.21. The van der Waals surface area contributed by atoms with E-state index in [9.17, 15) is 9.59 Å². The zero-order chi connectivity index (χ0) is 20.0. The second kappa shape index (κ2) is 8.93. The van der Waals surface area contributed by atoms with Crippen molar-refractivity contribution < 1.29 is 19.1 Å². The number of nitrogens with one attached hydrogen (secondary N) is 1. The molecular weight excluding hydrogens is 344 g/mol. The Morgan fingerprint density at radius 1 is 1.22 bits per heavy atom. The summed E-state index contributed by atoms with van der Waals surface area (Å²) in [7, 11) is 0. The van der Waals surface area contributed by atoms with Crippen molar-refractivity contribution in [3.8, 4) is 0 Å². The molecule has 0 spiro atoms. The van der Waals surface area contributed by atoms with Crippen LogP contribution in [0.5, 0.6) is 0 Å². The Bertz CT molecular complexity index is 692. The van der Waals surface area contributed by atoms with Crippen molar-refractivity contribution in [2.24, 2.45) is 0 Å². The van der Waals surface area contributed by atoms with E-state index in [4.69, 9.17) is 9.47 Å². The van der Waals surface area contributed by atoms with Crippen molar-refractivity contribution in [3.05, 3.63) is 47.2 Å². The molecule has 0 bridgehead atoms. The molecule has 1 heterocycles. The topological polar surface area (TPSA) is 67.9 Å². The molecule has 1 aromatic rings. The maximum Gasteiger partial charge on any atom is 0.410 e. The van der Waals surface area contributed by atoms with Gasteiger partial charge in [-0.25, -0.2) is 9.59 Å². The summed E-state index contributed by atoms with van der Waals surface area (Å²) in [6.07, 6.45) is 0.0547. The average molecular weight is 374 g/mol. The molecule has 0 aliphatic carbocycles. The van der Waals surface area contributed by atoms with Crippen molar-refractivity contribution >= 4 is 12.1 Å². The monoisotopic (exact) mass is 374 g/mol. The lowest BCUT2D eigenvalue weighted by atomic mass is 10.0. The van der Waals surface area contributed by atoms with Gasteiger partial charge in [0.15, 0.2) is 0 Å². The van der Waals surface area contributed by atoms with Crippen LogP contribution in [0.3, 0.4) is 0 Å². The number of nitrogens with zero attached hydrogens (tertiary/aromatic N) is 1. The van der Waals surface area contributed by atoms with Crippen LogP contribution in [0, 0.1) is 0 Å². The van der Waals surface area contributed by atoms with Crippen LogP contribution in [0.1, 0.15) is 52.6 Å². The van der Waals surface area contributed by atoms with Crippen LogP contribution in [0.4, 0.5) is 4.79 Å². The Hall–Kier alpha value is -2.50. The summed E-state index contributed by atoms with van der Waals surface area (Å²) in [5.74, 6) is -0.330. The van der Waals surface area contributed by atoms with Gasteiger partial charge in [-0.1, -0.05) is 30.3 Å². The van der Waals surface area contributed by atoms with E-state index in [2.05, 4.69) is 5.32 Å². The summed E-state index contributed by atoms with van der Waals surface area (Å²) in [5.41, 5.74) is 1.84. The molecular formula is C21H30N2O4. The van der Waals surface area contributed by atoms with Crippen molar-refractivity contribution in [3.63, 3.8) is 0 Å². The fourth-order valence-electron chi connectivity index (χ4n) is 2.91. The van der Waals surface area contributed by atoms with Crippen LogP contribution in [0.25, 0.3) is 0 Å². The summed E-state index contributed by atoms with van der Waals surface area (Å²) >= 11 is 0. The van der Waals surface area contributed by atoms with E-state index in [0.717, 1.165) is 5.56 Å². The van der Waals surface area contributed by atoms with Gasteiger partial charge in [-0.05, 0) is 46.6 Å². The SMILES string of the molecule is CCOC(=O)C1=C(NC(C)c2ccccc2)CN(C(=O)OC(C)(C)C)CC1. The lowest BCUT2D eigenvalue weighted by Gasteiger charge is -2.33. The molecule has 1 atom stereocenters. The number of carbonyl (C=O) groups is 2. The minimum absolute atomic E-state index is 0.00999. The minimum Gasteiger partial charge on any atom is -0.463 e. The molecule has 1 N–H and O–H groups in total. The molecule has 1 aliphatic heterocycles. The van der Waals surface area contributed by atoms with Gasteiger partial charge in [0, 0.05) is 18.3 Å². The van der Waals surface area contributed by atoms with Crippen molar-refractivity contribution in [1.82, 2.24) is 10.2 Å².